The van der Waals surface area contributed by atoms with Crippen molar-refractivity contribution >= 4 is 17.3 Å². The summed E-state index contributed by atoms with van der Waals surface area (Å²) < 4.78 is 4.76. The van der Waals surface area contributed by atoms with Crippen LogP contribution in [0.15, 0.2) is 48.5 Å². The average Bonchev–Trinajstić information content (AvgIpc) is 2.49. The highest BCUT2D eigenvalue weighted by atomic mass is 16.5. The maximum Gasteiger partial charge on any atom is 0.339 e. The van der Waals surface area contributed by atoms with Crippen molar-refractivity contribution in [2.45, 2.75) is 6.42 Å². The normalized spacial score (nSPS) is 9.60. The third-order valence-electron chi connectivity index (χ3n) is 2.89. The van der Waals surface area contributed by atoms with Gasteiger partial charge in [0.1, 0.15) is 0 Å². The van der Waals surface area contributed by atoms with Crippen LogP contribution in [-0.4, -0.2) is 13.1 Å². The van der Waals surface area contributed by atoms with Gasteiger partial charge in [-0.1, -0.05) is 30.3 Å². The molecule has 0 aliphatic heterocycles. The molecule has 0 bridgehead atoms. The molecule has 4 nitrogen and oxygen atoms in total. The van der Waals surface area contributed by atoms with Gasteiger partial charge < -0.3 is 10.1 Å². The second kappa shape index (κ2) is 6.39. The van der Waals surface area contributed by atoms with E-state index in [2.05, 4.69) is 11.4 Å². The molecule has 1 N–H and O–H groups in total. The Kier molecular flexibility index (Phi) is 4.35. The van der Waals surface area contributed by atoms with Gasteiger partial charge in [-0.25, -0.2) is 4.79 Å². The summed E-state index contributed by atoms with van der Waals surface area (Å²) in [7, 11) is 1.35. The lowest BCUT2D eigenvalue weighted by atomic mass is 10.1. The number of hydrogen-bond donors (Lipinski definition) is 1. The largest absolute Gasteiger partial charge is 0.465 e. The molecule has 0 unspecified atom stereocenters. The number of rotatable bonds is 4. The van der Waals surface area contributed by atoms with Gasteiger partial charge in [-0.3, -0.25) is 0 Å². The molecule has 2 rings (SSSR count). The minimum absolute atomic E-state index is 0.309. The maximum absolute atomic E-state index is 11.7. The molecule has 0 saturated carbocycles. The first-order chi connectivity index (χ1) is 9.76. The molecule has 0 amide bonds. The second-order valence-electron chi connectivity index (χ2n) is 4.15. The van der Waals surface area contributed by atoms with Gasteiger partial charge >= 0.3 is 5.97 Å². The van der Waals surface area contributed by atoms with Gasteiger partial charge in [0.15, 0.2) is 0 Å². The lowest BCUT2D eigenvalue weighted by molar-refractivity contribution is 0.0602. The van der Waals surface area contributed by atoms with Crippen LogP contribution in [0.2, 0.25) is 0 Å². The Labute approximate surface area is 117 Å². The molecule has 0 heterocycles. The van der Waals surface area contributed by atoms with Crippen LogP contribution < -0.4 is 5.32 Å². The van der Waals surface area contributed by atoms with Crippen LogP contribution in [0.3, 0.4) is 0 Å². The topological polar surface area (TPSA) is 62.1 Å². The number of nitrogens with zero attached hydrogens (tertiary/aromatic N) is 1. The lowest BCUT2D eigenvalue weighted by Crippen LogP contribution is -2.06. The lowest BCUT2D eigenvalue weighted by Gasteiger charge is -2.13. The Morgan fingerprint density at radius 3 is 2.50 bits per heavy atom. The molecule has 0 spiro atoms. The van der Waals surface area contributed by atoms with Gasteiger partial charge in [0, 0.05) is 5.69 Å². The van der Waals surface area contributed by atoms with Crippen LogP contribution >= 0.6 is 0 Å². The van der Waals surface area contributed by atoms with Crippen molar-refractivity contribution < 1.29 is 9.53 Å². The molecule has 0 aromatic heterocycles. The van der Waals surface area contributed by atoms with Gasteiger partial charge in [-0.05, 0) is 23.8 Å². The molecular formula is C16H14N2O2. The van der Waals surface area contributed by atoms with Gasteiger partial charge in [0.2, 0.25) is 0 Å². The Bertz CT molecular complexity index is 660. The molecule has 100 valence electrons. The molecule has 4 heteroatoms. The zero-order chi connectivity index (χ0) is 14.4. The second-order valence-corrected chi connectivity index (χ2v) is 4.15. The number of anilines is 2. The Balaban J connectivity index is 2.36. The molecule has 0 radical (unpaired) electrons. The van der Waals surface area contributed by atoms with Crippen LogP contribution in [0.4, 0.5) is 11.4 Å². The van der Waals surface area contributed by atoms with E-state index in [0.29, 0.717) is 17.7 Å². The van der Waals surface area contributed by atoms with Crippen LogP contribution in [-0.2, 0) is 11.2 Å². The highest BCUT2D eigenvalue weighted by molar-refractivity contribution is 5.96. The van der Waals surface area contributed by atoms with Gasteiger partial charge in [-0.15, -0.1) is 0 Å². The number of ether oxygens (including phenoxy) is 1. The summed E-state index contributed by atoms with van der Waals surface area (Å²) in [6.45, 7) is 0. The fourth-order valence-corrected chi connectivity index (χ4v) is 1.91. The van der Waals surface area contributed by atoms with E-state index < -0.39 is 5.97 Å². The van der Waals surface area contributed by atoms with Crippen LogP contribution in [0.5, 0.6) is 0 Å². The standard InChI is InChI=1S/C16H14N2O2/c1-20-16(19)13-7-3-5-9-15(13)18-14-8-4-2-6-12(14)10-11-17/h2-9,18H,10H2,1H3. The number of carbonyl (C=O) groups is 1. The SMILES string of the molecule is COC(=O)c1ccccc1Nc1ccccc1CC#N. The van der Waals surface area contributed by atoms with Crippen molar-refractivity contribution in [2.75, 3.05) is 12.4 Å². The van der Waals surface area contributed by atoms with Crippen molar-refractivity contribution in [3.8, 4) is 6.07 Å². The number of carbonyl (C=O) groups excluding carboxylic acids is 1. The third kappa shape index (κ3) is 2.96. The van der Waals surface area contributed by atoms with Crippen LogP contribution in [0.1, 0.15) is 15.9 Å². The Hall–Kier alpha value is -2.80. The summed E-state index contributed by atoms with van der Waals surface area (Å²) in [6.07, 6.45) is 0.309. The van der Waals surface area contributed by atoms with E-state index in [1.807, 2.05) is 30.3 Å². The van der Waals surface area contributed by atoms with Gasteiger partial charge in [0.25, 0.3) is 0 Å². The Morgan fingerprint density at radius 2 is 1.80 bits per heavy atom. The first kappa shape index (κ1) is 13.6. The zero-order valence-electron chi connectivity index (χ0n) is 11.1. The number of hydrogen-bond acceptors (Lipinski definition) is 4. The number of benzene rings is 2. The van der Waals surface area contributed by atoms with E-state index in [0.717, 1.165) is 11.3 Å². The summed E-state index contributed by atoms with van der Waals surface area (Å²) in [5, 5.41) is 12.0. The molecule has 0 aliphatic rings. The molecule has 0 saturated heterocycles. The fraction of sp³-hybridized carbons (Fsp3) is 0.125. The summed E-state index contributed by atoms with van der Waals surface area (Å²) in [4.78, 5) is 11.7. The van der Waals surface area contributed by atoms with E-state index in [1.54, 1.807) is 18.2 Å². The monoisotopic (exact) mass is 266 g/mol. The summed E-state index contributed by atoms with van der Waals surface area (Å²) in [6, 6.07) is 16.7. The number of esters is 1. The minimum Gasteiger partial charge on any atom is -0.465 e. The highest BCUT2D eigenvalue weighted by Gasteiger charge is 2.12. The van der Waals surface area contributed by atoms with Crippen molar-refractivity contribution in [1.82, 2.24) is 0 Å². The van der Waals surface area contributed by atoms with Crippen LogP contribution in [0, 0.1) is 11.3 Å². The number of nitrogens with one attached hydrogen (secondary N) is 1. The van der Waals surface area contributed by atoms with E-state index in [9.17, 15) is 4.79 Å². The minimum atomic E-state index is -0.397. The quantitative estimate of drug-likeness (QED) is 0.862. The fourth-order valence-electron chi connectivity index (χ4n) is 1.91. The smallest absolute Gasteiger partial charge is 0.339 e. The first-order valence-electron chi connectivity index (χ1n) is 6.15. The number of nitriles is 1. The third-order valence-corrected chi connectivity index (χ3v) is 2.89. The highest BCUT2D eigenvalue weighted by Crippen LogP contribution is 2.24. The van der Waals surface area contributed by atoms with Crippen molar-refractivity contribution in [1.29, 1.82) is 5.26 Å². The van der Waals surface area contributed by atoms with Crippen molar-refractivity contribution in [3.63, 3.8) is 0 Å². The van der Waals surface area contributed by atoms with E-state index in [1.165, 1.54) is 7.11 Å². The first-order valence-corrected chi connectivity index (χ1v) is 6.15. The zero-order valence-corrected chi connectivity index (χ0v) is 11.1. The molecule has 0 fully saturated rings. The molecule has 0 aliphatic carbocycles. The molecule has 2 aromatic rings. The molecule has 20 heavy (non-hydrogen) atoms. The predicted octanol–water partition coefficient (Wildman–Crippen LogP) is 3.28. The predicted molar refractivity (Wildman–Crippen MR) is 76.8 cm³/mol. The van der Waals surface area contributed by atoms with E-state index >= 15 is 0 Å². The summed E-state index contributed by atoms with van der Waals surface area (Å²) in [5.74, 6) is -0.397. The van der Waals surface area contributed by atoms with Crippen LogP contribution in [0.25, 0.3) is 0 Å². The van der Waals surface area contributed by atoms with Crippen molar-refractivity contribution in [2.24, 2.45) is 0 Å². The van der Waals surface area contributed by atoms with Gasteiger partial charge in [0.05, 0.1) is 30.9 Å². The molecular weight excluding hydrogens is 252 g/mol. The van der Waals surface area contributed by atoms with E-state index in [-0.39, 0.29) is 0 Å². The Morgan fingerprint density at radius 1 is 1.15 bits per heavy atom. The summed E-state index contributed by atoms with van der Waals surface area (Å²) >= 11 is 0. The van der Waals surface area contributed by atoms with Gasteiger partial charge in [-0.2, -0.15) is 5.26 Å². The molecule has 0 atom stereocenters. The maximum atomic E-state index is 11.7. The number of para-hydroxylation sites is 2. The summed E-state index contributed by atoms with van der Waals surface area (Å²) in [5.41, 5.74) is 2.81. The van der Waals surface area contributed by atoms with Crippen molar-refractivity contribution in [3.05, 3.63) is 59.7 Å². The molecule has 2 aromatic carbocycles. The number of methoxy groups -OCH3 is 1. The van der Waals surface area contributed by atoms with E-state index in [4.69, 9.17) is 10.00 Å². The average molecular weight is 266 g/mol.